The Labute approximate surface area is 90.2 Å². The van der Waals surface area contributed by atoms with Crippen molar-refractivity contribution < 1.29 is 14.3 Å². The van der Waals surface area contributed by atoms with Crippen molar-refractivity contribution in [1.82, 2.24) is 0 Å². The van der Waals surface area contributed by atoms with Crippen LogP contribution in [0.3, 0.4) is 0 Å². The van der Waals surface area contributed by atoms with Gasteiger partial charge in [0.2, 0.25) is 0 Å². The van der Waals surface area contributed by atoms with Gasteiger partial charge in [-0.15, -0.1) is 0 Å². The first-order valence-electron chi connectivity index (χ1n) is 5.98. The Morgan fingerprint density at radius 2 is 2.07 bits per heavy atom. The third-order valence-electron chi connectivity index (χ3n) is 3.89. The third-order valence-corrected chi connectivity index (χ3v) is 3.89. The zero-order valence-electron chi connectivity index (χ0n) is 9.25. The van der Waals surface area contributed by atoms with Crippen LogP contribution in [0.15, 0.2) is 0 Å². The van der Waals surface area contributed by atoms with Crippen LogP contribution in [0.2, 0.25) is 0 Å². The Morgan fingerprint density at radius 1 is 1.33 bits per heavy atom. The van der Waals surface area contributed by atoms with Gasteiger partial charge >= 0.3 is 11.9 Å². The molecule has 2 rings (SSSR count). The summed E-state index contributed by atoms with van der Waals surface area (Å²) in [5.41, 5.74) is -0.715. The van der Waals surface area contributed by atoms with E-state index in [-0.39, 0.29) is 17.9 Å². The van der Waals surface area contributed by atoms with E-state index in [0.29, 0.717) is 0 Å². The van der Waals surface area contributed by atoms with Crippen molar-refractivity contribution in [3.63, 3.8) is 0 Å². The third kappa shape index (κ3) is 1.48. The van der Waals surface area contributed by atoms with Crippen molar-refractivity contribution in [2.24, 2.45) is 11.3 Å². The van der Waals surface area contributed by atoms with Crippen LogP contribution in [0, 0.1) is 11.3 Å². The van der Waals surface area contributed by atoms with Gasteiger partial charge in [-0.1, -0.05) is 32.6 Å². The highest BCUT2D eigenvalue weighted by molar-refractivity contribution is 6.14. The number of unbranched alkanes of at least 4 members (excludes halogenated alkanes) is 1. The summed E-state index contributed by atoms with van der Waals surface area (Å²) in [5.74, 6) is -0.262. The molecule has 1 saturated heterocycles. The van der Waals surface area contributed by atoms with E-state index in [1.807, 2.05) is 0 Å². The second-order valence-electron chi connectivity index (χ2n) is 4.73. The van der Waals surface area contributed by atoms with Gasteiger partial charge in [0.05, 0.1) is 0 Å². The van der Waals surface area contributed by atoms with Gasteiger partial charge < -0.3 is 4.74 Å². The molecular weight excluding hydrogens is 192 g/mol. The van der Waals surface area contributed by atoms with Gasteiger partial charge in [-0.2, -0.15) is 0 Å². The fraction of sp³-hybridized carbons (Fsp3) is 0.833. The van der Waals surface area contributed by atoms with Crippen LogP contribution in [0.25, 0.3) is 0 Å². The SMILES string of the molecule is CCCCC1CCCCC12C(=O)OC2=O. The predicted octanol–water partition coefficient (Wildman–Crippen LogP) is 2.44. The molecule has 0 amide bonds. The molecule has 1 aliphatic carbocycles. The molecule has 15 heavy (non-hydrogen) atoms. The van der Waals surface area contributed by atoms with Gasteiger partial charge in [-0.25, -0.2) is 0 Å². The molecule has 0 aromatic rings. The van der Waals surface area contributed by atoms with Crippen molar-refractivity contribution in [3.8, 4) is 0 Å². The minimum absolute atomic E-state index is 0.250. The lowest BCUT2D eigenvalue weighted by Gasteiger charge is -2.45. The normalized spacial score (nSPS) is 28.7. The van der Waals surface area contributed by atoms with Gasteiger partial charge in [-0.05, 0) is 25.2 Å². The highest BCUT2D eigenvalue weighted by Crippen LogP contribution is 2.50. The van der Waals surface area contributed by atoms with Crippen LogP contribution in [0.5, 0.6) is 0 Å². The number of cyclic esters (lactones) is 2. The fourth-order valence-corrected chi connectivity index (χ4v) is 2.93. The molecule has 3 nitrogen and oxygen atoms in total. The van der Waals surface area contributed by atoms with Crippen molar-refractivity contribution in [1.29, 1.82) is 0 Å². The molecule has 1 aliphatic heterocycles. The molecule has 1 saturated carbocycles. The number of esters is 2. The van der Waals surface area contributed by atoms with Gasteiger partial charge in [-0.3, -0.25) is 9.59 Å². The average molecular weight is 210 g/mol. The largest absolute Gasteiger partial charge is 0.391 e. The Morgan fingerprint density at radius 3 is 2.67 bits per heavy atom. The Hall–Kier alpha value is -0.860. The molecule has 1 atom stereocenters. The monoisotopic (exact) mass is 210 g/mol. The first kappa shape index (κ1) is 10.7. The summed E-state index contributed by atoms with van der Waals surface area (Å²) in [6, 6.07) is 0. The van der Waals surface area contributed by atoms with E-state index < -0.39 is 5.41 Å². The Balaban J connectivity index is 2.11. The Kier molecular flexibility index (Phi) is 2.81. The van der Waals surface area contributed by atoms with E-state index in [9.17, 15) is 9.59 Å². The summed E-state index contributed by atoms with van der Waals surface area (Å²) >= 11 is 0. The number of carbonyl (C=O) groups is 2. The molecule has 0 radical (unpaired) electrons. The van der Waals surface area contributed by atoms with Crippen LogP contribution in [-0.4, -0.2) is 11.9 Å². The number of ether oxygens (including phenoxy) is 1. The van der Waals surface area contributed by atoms with Crippen molar-refractivity contribution in [3.05, 3.63) is 0 Å². The topological polar surface area (TPSA) is 43.4 Å². The highest BCUT2D eigenvalue weighted by Gasteiger charge is 2.63. The molecule has 1 unspecified atom stereocenters. The van der Waals surface area contributed by atoms with E-state index in [1.54, 1.807) is 0 Å². The Bertz CT molecular complexity index is 269. The number of rotatable bonds is 3. The lowest BCUT2D eigenvalue weighted by Crippen LogP contribution is -2.58. The second kappa shape index (κ2) is 3.95. The maximum atomic E-state index is 11.5. The highest BCUT2D eigenvalue weighted by atomic mass is 16.6. The summed E-state index contributed by atoms with van der Waals surface area (Å²) in [4.78, 5) is 23.1. The van der Waals surface area contributed by atoms with E-state index in [4.69, 9.17) is 0 Å². The lowest BCUT2D eigenvalue weighted by molar-refractivity contribution is -0.206. The van der Waals surface area contributed by atoms with E-state index >= 15 is 0 Å². The van der Waals surface area contributed by atoms with Gasteiger partial charge in [0, 0.05) is 0 Å². The van der Waals surface area contributed by atoms with Crippen molar-refractivity contribution >= 4 is 11.9 Å². The predicted molar refractivity (Wildman–Crippen MR) is 55.0 cm³/mol. The fourth-order valence-electron chi connectivity index (χ4n) is 2.93. The smallest absolute Gasteiger partial charge is 0.331 e. The quantitative estimate of drug-likeness (QED) is 0.530. The molecule has 0 aromatic heterocycles. The maximum absolute atomic E-state index is 11.5. The molecule has 2 fully saturated rings. The molecule has 0 N–H and O–H groups in total. The van der Waals surface area contributed by atoms with E-state index in [2.05, 4.69) is 11.7 Å². The zero-order valence-corrected chi connectivity index (χ0v) is 9.25. The van der Waals surface area contributed by atoms with Crippen LogP contribution in [0.4, 0.5) is 0 Å². The first-order chi connectivity index (χ1) is 7.21. The van der Waals surface area contributed by atoms with Crippen LogP contribution < -0.4 is 0 Å². The van der Waals surface area contributed by atoms with Crippen LogP contribution in [0.1, 0.15) is 51.9 Å². The van der Waals surface area contributed by atoms with Gasteiger partial charge in [0.1, 0.15) is 0 Å². The van der Waals surface area contributed by atoms with Crippen LogP contribution in [-0.2, 0) is 14.3 Å². The van der Waals surface area contributed by atoms with E-state index in [0.717, 1.165) is 44.9 Å². The van der Waals surface area contributed by atoms with Crippen LogP contribution >= 0.6 is 0 Å². The lowest BCUT2D eigenvalue weighted by atomic mass is 9.62. The number of carbonyl (C=O) groups excluding carboxylic acids is 2. The number of hydrogen-bond acceptors (Lipinski definition) is 3. The summed E-state index contributed by atoms with van der Waals surface area (Å²) in [6.07, 6.45) is 7.10. The molecular formula is C12H18O3. The molecule has 0 aromatic carbocycles. The second-order valence-corrected chi connectivity index (χ2v) is 4.73. The molecule has 2 aliphatic rings. The molecule has 84 valence electrons. The molecule has 1 heterocycles. The molecule has 0 bridgehead atoms. The minimum atomic E-state index is -0.715. The minimum Gasteiger partial charge on any atom is -0.391 e. The zero-order chi connectivity index (χ0) is 10.9. The average Bonchev–Trinajstić information content (AvgIpc) is 2.27. The summed E-state index contributed by atoms with van der Waals surface area (Å²) in [7, 11) is 0. The maximum Gasteiger partial charge on any atom is 0.331 e. The van der Waals surface area contributed by atoms with Gasteiger partial charge in [0.25, 0.3) is 0 Å². The van der Waals surface area contributed by atoms with Crippen molar-refractivity contribution in [2.45, 2.75) is 51.9 Å². The van der Waals surface area contributed by atoms with Gasteiger partial charge in [0.15, 0.2) is 5.41 Å². The summed E-state index contributed by atoms with van der Waals surface area (Å²) in [6.45, 7) is 2.14. The van der Waals surface area contributed by atoms with Crippen molar-refractivity contribution in [2.75, 3.05) is 0 Å². The van der Waals surface area contributed by atoms with E-state index in [1.165, 1.54) is 0 Å². The molecule has 3 heteroatoms. The summed E-state index contributed by atoms with van der Waals surface area (Å²) in [5, 5.41) is 0. The number of hydrogen-bond donors (Lipinski definition) is 0. The first-order valence-corrected chi connectivity index (χ1v) is 5.98. The molecule has 1 spiro atoms. The summed E-state index contributed by atoms with van der Waals surface area (Å²) < 4.78 is 4.56. The standard InChI is InChI=1S/C12H18O3/c1-2-3-6-9-7-4-5-8-12(9)10(13)15-11(12)14/h9H,2-8H2,1H3.